The number of hydrazine groups is 1. The summed E-state index contributed by atoms with van der Waals surface area (Å²) >= 11 is 0. The number of carbonyl (C=O) groups is 2. The molecule has 3 aromatic rings. The summed E-state index contributed by atoms with van der Waals surface area (Å²) in [5.74, 6) is 1.43. The number of amides is 2. The molecule has 0 radical (unpaired) electrons. The van der Waals surface area contributed by atoms with Gasteiger partial charge in [-0.1, -0.05) is 92.7 Å². The van der Waals surface area contributed by atoms with Gasteiger partial charge in [0.25, 0.3) is 5.91 Å². The number of rotatable bonds is 16. The molecular formula is C34H42N4O5S. The molecule has 0 saturated carbocycles. The van der Waals surface area contributed by atoms with Gasteiger partial charge >= 0.3 is 0 Å². The number of nitrogens with zero attached hydrogens (tertiary/aromatic N) is 2. The molecule has 1 unspecified atom stereocenters. The number of nitrogens with one attached hydrogen (secondary N) is 2. The number of benzene rings is 3. The molecule has 0 bridgehead atoms. The Morgan fingerprint density at radius 2 is 1.45 bits per heavy atom. The molecule has 0 aliphatic carbocycles. The summed E-state index contributed by atoms with van der Waals surface area (Å²) < 4.78 is 28.6. The zero-order valence-corrected chi connectivity index (χ0v) is 26.1. The van der Waals surface area contributed by atoms with Crippen LogP contribution in [0.2, 0.25) is 0 Å². The van der Waals surface area contributed by atoms with Gasteiger partial charge in [0.1, 0.15) is 0 Å². The molecule has 2 amide bonds. The molecule has 0 aliphatic rings. The van der Waals surface area contributed by atoms with E-state index >= 15 is 0 Å². The van der Waals surface area contributed by atoms with Crippen molar-refractivity contribution in [2.45, 2.75) is 56.7 Å². The van der Waals surface area contributed by atoms with Gasteiger partial charge in [0, 0.05) is 32.5 Å². The Labute approximate surface area is 261 Å². The molecule has 2 atom stereocenters. The maximum Gasteiger partial charge on any atom is 0.252 e. The van der Waals surface area contributed by atoms with Crippen LogP contribution in [0.1, 0.15) is 37.8 Å². The zero-order valence-electron chi connectivity index (χ0n) is 25.3. The second-order valence-electron chi connectivity index (χ2n) is 10.9. The highest BCUT2D eigenvalue weighted by Crippen LogP contribution is 2.21. The van der Waals surface area contributed by atoms with Gasteiger partial charge in [-0.2, -0.15) is 4.31 Å². The van der Waals surface area contributed by atoms with Crippen molar-refractivity contribution in [2.75, 3.05) is 19.6 Å². The van der Waals surface area contributed by atoms with E-state index in [2.05, 4.69) is 16.7 Å². The Morgan fingerprint density at radius 1 is 0.886 bits per heavy atom. The number of terminal acetylenes is 1. The Balaban J connectivity index is 1.91. The molecule has 3 N–H and O–H groups in total. The summed E-state index contributed by atoms with van der Waals surface area (Å²) in [7, 11) is -3.97. The van der Waals surface area contributed by atoms with E-state index in [1.807, 2.05) is 74.5 Å². The molecular weight excluding hydrogens is 576 g/mol. The van der Waals surface area contributed by atoms with Gasteiger partial charge in [0.15, 0.2) is 0 Å². The third-order valence-electron chi connectivity index (χ3n) is 6.86. The van der Waals surface area contributed by atoms with Crippen molar-refractivity contribution >= 4 is 21.8 Å². The van der Waals surface area contributed by atoms with Crippen molar-refractivity contribution in [3.8, 4) is 12.3 Å². The monoisotopic (exact) mass is 618 g/mol. The minimum Gasteiger partial charge on any atom is -0.390 e. The van der Waals surface area contributed by atoms with Gasteiger partial charge in [-0.05, 0) is 35.6 Å². The van der Waals surface area contributed by atoms with Crippen molar-refractivity contribution < 1.29 is 23.1 Å². The third kappa shape index (κ3) is 10.6. The third-order valence-corrected chi connectivity index (χ3v) is 8.70. The topological polar surface area (TPSA) is 119 Å². The van der Waals surface area contributed by atoms with Crippen molar-refractivity contribution in [1.82, 2.24) is 20.1 Å². The Kier molecular flexibility index (Phi) is 13.6. The van der Waals surface area contributed by atoms with Crippen LogP contribution in [0, 0.1) is 18.3 Å². The number of hydrogen-bond donors (Lipinski definition) is 3. The van der Waals surface area contributed by atoms with Crippen LogP contribution in [-0.2, 0) is 32.6 Å². The lowest BCUT2D eigenvalue weighted by molar-refractivity contribution is -0.147. The zero-order chi connectivity index (χ0) is 32.0. The molecule has 234 valence electrons. The highest BCUT2D eigenvalue weighted by atomic mass is 32.2. The summed E-state index contributed by atoms with van der Waals surface area (Å²) in [4.78, 5) is 26.7. The predicted octanol–water partition coefficient (Wildman–Crippen LogP) is 3.37. The van der Waals surface area contributed by atoms with Gasteiger partial charge < -0.3 is 10.4 Å². The standard InChI is InChI=1S/C34H42N4O5S/c1-4-5-21-34(41)38(36-33(40)24-35-23-29-17-11-7-12-18-29)31(22-28-15-9-6-10-16-28)32(39)26-37(25-27(2)3)44(42,43)30-19-13-8-14-20-30/h1,6-20,27,31-32,35,39H,5,21-26H2,2-3H3,(H,36,40)/t31?,32-/m1/s1. The minimum absolute atomic E-state index is 0.0444. The Morgan fingerprint density at radius 3 is 2.02 bits per heavy atom. The average molecular weight is 619 g/mol. The van der Waals surface area contributed by atoms with Crippen LogP contribution in [0.5, 0.6) is 0 Å². The first-order chi connectivity index (χ1) is 21.1. The number of aliphatic hydroxyl groups excluding tert-OH is 1. The van der Waals surface area contributed by atoms with E-state index in [-0.39, 0.29) is 49.7 Å². The van der Waals surface area contributed by atoms with E-state index in [0.717, 1.165) is 16.1 Å². The number of sulfonamides is 1. The summed E-state index contributed by atoms with van der Waals surface area (Å²) in [6.45, 7) is 3.97. The van der Waals surface area contributed by atoms with E-state index in [0.29, 0.717) is 6.54 Å². The highest BCUT2D eigenvalue weighted by molar-refractivity contribution is 7.89. The molecule has 0 saturated heterocycles. The van der Waals surface area contributed by atoms with Gasteiger partial charge in [-0.25, -0.2) is 13.4 Å². The maximum absolute atomic E-state index is 13.7. The van der Waals surface area contributed by atoms with Crippen LogP contribution in [0.4, 0.5) is 0 Å². The molecule has 0 aliphatic heterocycles. The summed E-state index contributed by atoms with van der Waals surface area (Å²) in [6, 6.07) is 25.8. The van der Waals surface area contributed by atoms with Gasteiger partial charge in [0.05, 0.1) is 23.6 Å². The second kappa shape index (κ2) is 17.3. The van der Waals surface area contributed by atoms with E-state index in [4.69, 9.17) is 6.42 Å². The first-order valence-electron chi connectivity index (χ1n) is 14.7. The molecule has 3 aromatic carbocycles. The number of hydrogen-bond acceptors (Lipinski definition) is 6. The second-order valence-corrected chi connectivity index (χ2v) is 12.9. The summed E-state index contributed by atoms with van der Waals surface area (Å²) in [5, 5.41) is 15.9. The van der Waals surface area contributed by atoms with Crippen LogP contribution >= 0.6 is 0 Å². The fourth-order valence-corrected chi connectivity index (χ4v) is 6.37. The van der Waals surface area contributed by atoms with Crippen LogP contribution in [0.3, 0.4) is 0 Å². The van der Waals surface area contributed by atoms with Crippen LogP contribution in [0.15, 0.2) is 95.9 Å². The lowest BCUT2D eigenvalue weighted by Crippen LogP contribution is -2.60. The largest absolute Gasteiger partial charge is 0.390 e. The number of carbonyl (C=O) groups excluding carboxylic acids is 2. The van der Waals surface area contributed by atoms with Crippen LogP contribution < -0.4 is 10.7 Å². The molecule has 10 heteroatoms. The van der Waals surface area contributed by atoms with Gasteiger partial charge in [0.2, 0.25) is 15.9 Å². The van der Waals surface area contributed by atoms with Crippen LogP contribution in [-0.4, -0.2) is 66.4 Å². The number of aliphatic hydroxyl groups is 1. The minimum atomic E-state index is -3.97. The van der Waals surface area contributed by atoms with Crippen LogP contribution in [0.25, 0.3) is 0 Å². The Bertz CT molecular complexity index is 1460. The first kappa shape index (κ1) is 34.5. The maximum atomic E-state index is 13.7. The SMILES string of the molecule is C#CCCC(=O)N(NC(=O)CNCc1ccccc1)C(Cc1ccccc1)[C@H](O)CN(CC(C)C)S(=O)(=O)c1ccccc1. The molecule has 0 spiro atoms. The van der Waals surface area contributed by atoms with E-state index in [1.54, 1.807) is 18.2 Å². The first-order valence-corrected chi connectivity index (χ1v) is 16.1. The normalized spacial score (nSPS) is 12.8. The fraction of sp³-hybridized carbons (Fsp3) is 0.353. The van der Waals surface area contributed by atoms with Crippen molar-refractivity contribution in [1.29, 1.82) is 0 Å². The fourth-order valence-electron chi connectivity index (χ4n) is 4.72. The molecule has 0 heterocycles. The lowest BCUT2D eigenvalue weighted by atomic mass is 9.99. The van der Waals surface area contributed by atoms with Gasteiger partial charge in [-0.15, -0.1) is 12.3 Å². The van der Waals surface area contributed by atoms with Crippen molar-refractivity contribution in [2.24, 2.45) is 5.92 Å². The predicted molar refractivity (Wildman–Crippen MR) is 171 cm³/mol. The molecule has 0 aromatic heterocycles. The summed E-state index contributed by atoms with van der Waals surface area (Å²) in [6.07, 6.45) is 4.29. The summed E-state index contributed by atoms with van der Waals surface area (Å²) in [5.41, 5.74) is 4.47. The molecule has 9 nitrogen and oxygen atoms in total. The van der Waals surface area contributed by atoms with Gasteiger partial charge in [-0.3, -0.25) is 15.0 Å². The average Bonchev–Trinajstić information content (AvgIpc) is 3.02. The van der Waals surface area contributed by atoms with E-state index in [9.17, 15) is 23.1 Å². The Hall–Kier alpha value is -4.01. The van der Waals surface area contributed by atoms with E-state index < -0.39 is 34.0 Å². The smallest absolute Gasteiger partial charge is 0.252 e. The van der Waals surface area contributed by atoms with Crippen molar-refractivity contribution in [3.63, 3.8) is 0 Å². The molecule has 44 heavy (non-hydrogen) atoms. The highest BCUT2D eigenvalue weighted by Gasteiger charge is 2.35. The molecule has 0 fully saturated rings. The van der Waals surface area contributed by atoms with Crippen molar-refractivity contribution in [3.05, 3.63) is 102 Å². The van der Waals surface area contributed by atoms with E-state index in [1.165, 1.54) is 16.4 Å². The quantitative estimate of drug-likeness (QED) is 0.167. The lowest BCUT2D eigenvalue weighted by Gasteiger charge is -2.37. The molecule has 3 rings (SSSR count).